The zero-order valence-corrected chi connectivity index (χ0v) is 11.3. The predicted molar refractivity (Wildman–Crippen MR) is 67.8 cm³/mol. The van der Waals surface area contributed by atoms with Crippen molar-refractivity contribution in [2.75, 3.05) is 7.11 Å². The van der Waals surface area contributed by atoms with E-state index in [9.17, 15) is 13.6 Å². The largest absolute Gasteiger partial charge is 0.496 e. The van der Waals surface area contributed by atoms with E-state index in [4.69, 9.17) is 9.84 Å². The number of ether oxygens (including phenoxy) is 1. The van der Waals surface area contributed by atoms with Gasteiger partial charge >= 0.3 is 5.97 Å². The molecule has 5 heteroatoms. The molecule has 1 N–H and O–H groups in total. The number of hydrogen-bond acceptors (Lipinski definition) is 2. The summed E-state index contributed by atoms with van der Waals surface area (Å²) in [4.78, 5) is 10.4. The number of carboxylic acids is 1. The Balaban J connectivity index is 2.92. The van der Waals surface area contributed by atoms with Gasteiger partial charge in [0.2, 0.25) is 0 Å². The Morgan fingerprint density at radius 1 is 1.32 bits per heavy atom. The molecular weight excluding hydrogens is 254 g/mol. The minimum atomic E-state index is -3.02. The molecule has 0 aliphatic heterocycles. The number of halogens is 2. The second-order valence-electron chi connectivity index (χ2n) is 4.60. The molecular formula is C14H18F2O3. The van der Waals surface area contributed by atoms with Gasteiger partial charge in [0.1, 0.15) is 5.75 Å². The number of aliphatic carboxylic acids is 1. The molecule has 0 aromatic heterocycles. The van der Waals surface area contributed by atoms with Crippen molar-refractivity contribution in [3.8, 4) is 5.75 Å². The van der Waals surface area contributed by atoms with Crippen LogP contribution in [0.5, 0.6) is 5.75 Å². The number of hydrogen-bond donors (Lipinski definition) is 1. The van der Waals surface area contributed by atoms with E-state index in [0.717, 1.165) is 0 Å². The molecule has 3 nitrogen and oxygen atoms in total. The quantitative estimate of drug-likeness (QED) is 0.859. The summed E-state index contributed by atoms with van der Waals surface area (Å²) in [6.45, 7) is 3.42. The van der Waals surface area contributed by atoms with Crippen molar-refractivity contribution < 1.29 is 23.4 Å². The number of alkyl halides is 2. The lowest BCUT2D eigenvalue weighted by Gasteiger charge is -2.19. The fourth-order valence-corrected chi connectivity index (χ4v) is 2.09. The highest BCUT2D eigenvalue weighted by Gasteiger charge is 2.32. The first-order valence-electron chi connectivity index (χ1n) is 6.03. The van der Waals surface area contributed by atoms with Crippen LogP contribution in [0, 0.1) is 13.8 Å². The highest BCUT2D eigenvalue weighted by Crippen LogP contribution is 2.37. The Hall–Kier alpha value is -1.65. The molecule has 0 fully saturated rings. The minimum Gasteiger partial charge on any atom is -0.496 e. The molecule has 106 valence electrons. The number of benzene rings is 1. The summed E-state index contributed by atoms with van der Waals surface area (Å²) in [5.74, 6) is -3.47. The van der Waals surface area contributed by atoms with Gasteiger partial charge in [-0.3, -0.25) is 4.79 Å². The predicted octanol–water partition coefficient (Wildman–Crippen LogP) is 3.66. The SMILES string of the molecule is COc1c(C)cc(C(F)(F)CCCC(=O)O)cc1C. The standard InChI is InChI=1S/C14H18F2O3/c1-9-7-11(8-10(2)13(9)19-3)14(15,16)6-4-5-12(17)18/h7-8H,4-6H2,1-3H3,(H,17,18). The molecule has 0 amide bonds. The van der Waals surface area contributed by atoms with E-state index in [1.165, 1.54) is 19.2 Å². The van der Waals surface area contributed by atoms with Crippen LogP contribution in [0.2, 0.25) is 0 Å². The molecule has 0 unspecified atom stereocenters. The van der Waals surface area contributed by atoms with Crippen molar-refractivity contribution in [3.05, 3.63) is 28.8 Å². The molecule has 0 heterocycles. The Bertz CT molecular complexity index is 447. The lowest BCUT2D eigenvalue weighted by atomic mass is 9.98. The summed E-state index contributed by atoms with van der Waals surface area (Å²) >= 11 is 0. The first kappa shape index (κ1) is 15.4. The van der Waals surface area contributed by atoms with E-state index >= 15 is 0 Å². The molecule has 1 aromatic rings. The molecule has 0 atom stereocenters. The van der Waals surface area contributed by atoms with Crippen molar-refractivity contribution in [3.63, 3.8) is 0 Å². The summed E-state index contributed by atoms with van der Waals surface area (Å²) in [6, 6.07) is 2.79. The lowest BCUT2D eigenvalue weighted by molar-refractivity contribution is -0.137. The van der Waals surface area contributed by atoms with E-state index in [2.05, 4.69) is 0 Å². The van der Waals surface area contributed by atoms with Gasteiger partial charge in [0.15, 0.2) is 0 Å². The Kier molecular flexibility index (Phi) is 4.86. The Morgan fingerprint density at radius 3 is 2.26 bits per heavy atom. The van der Waals surface area contributed by atoms with E-state index in [-0.39, 0.29) is 18.4 Å². The summed E-state index contributed by atoms with van der Waals surface area (Å²) in [6.07, 6.45) is -0.763. The molecule has 1 rings (SSSR count). The monoisotopic (exact) mass is 272 g/mol. The molecule has 0 radical (unpaired) electrons. The normalized spacial score (nSPS) is 11.4. The zero-order valence-electron chi connectivity index (χ0n) is 11.3. The van der Waals surface area contributed by atoms with Gasteiger partial charge in [0.05, 0.1) is 7.11 Å². The molecule has 0 saturated heterocycles. The summed E-state index contributed by atoms with van der Waals surface area (Å²) in [5, 5.41) is 8.48. The fraction of sp³-hybridized carbons (Fsp3) is 0.500. The van der Waals surface area contributed by atoms with Gasteiger partial charge < -0.3 is 9.84 Å². The van der Waals surface area contributed by atoms with Crippen LogP contribution in [-0.4, -0.2) is 18.2 Å². The fourth-order valence-electron chi connectivity index (χ4n) is 2.09. The van der Waals surface area contributed by atoms with Crippen LogP contribution in [0.15, 0.2) is 12.1 Å². The maximum absolute atomic E-state index is 14.0. The second kappa shape index (κ2) is 5.99. The van der Waals surface area contributed by atoms with Gasteiger partial charge in [-0.15, -0.1) is 0 Å². The first-order chi connectivity index (χ1) is 8.77. The number of aryl methyl sites for hydroxylation is 2. The Labute approximate surface area is 111 Å². The topological polar surface area (TPSA) is 46.5 Å². The maximum Gasteiger partial charge on any atom is 0.303 e. The molecule has 0 aliphatic rings. The smallest absolute Gasteiger partial charge is 0.303 e. The van der Waals surface area contributed by atoms with Gasteiger partial charge in [-0.05, 0) is 43.5 Å². The highest BCUT2D eigenvalue weighted by molar-refractivity contribution is 5.66. The van der Waals surface area contributed by atoms with Crippen LogP contribution in [0.3, 0.4) is 0 Å². The average Bonchev–Trinajstić information content (AvgIpc) is 2.27. The molecule has 0 aliphatic carbocycles. The van der Waals surface area contributed by atoms with Gasteiger partial charge in [0, 0.05) is 18.4 Å². The molecule has 0 spiro atoms. The van der Waals surface area contributed by atoms with E-state index in [1.807, 2.05) is 0 Å². The first-order valence-corrected chi connectivity index (χ1v) is 6.03. The van der Waals surface area contributed by atoms with Crippen molar-refractivity contribution >= 4 is 5.97 Å². The van der Waals surface area contributed by atoms with E-state index in [1.54, 1.807) is 13.8 Å². The average molecular weight is 272 g/mol. The van der Waals surface area contributed by atoms with Crippen LogP contribution < -0.4 is 4.74 Å². The molecule has 19 heavy (non-hydrogen) atoms. The third kappa shape index (κ3) is 3.91. The maximum atomic E-state index is 14.0. The number of methoxy groups -OCH3 is 1. The summed E-state index contributed by atoms with van der Waals surface area (Å²) in [5.41, 5.74) is 1.21. The molecule has 1 aromatic carbocycles. The highest BCUT2D eigenvalue weighted by atomic mass is 19.3. The van der Waals surface area contributed by atoms with E-state index in [0.29, 0.717) is 16.9 Å². The van der Waals surface area contributed by atoms with Crippen LogP contribution in [-0.2, 0) is 10.7 Å². The Morgan fingerprint density at radius 2 is 1.84 bits per heavy atom. The van der Waals surface area contributed by atoms with Crippen molar-refractivity contribution in [1.29, 1.82) is 0 Å². The number of carboxylic acid groups (broad SMARTS) is 1. The molecule has 0 bridgehead atoms. The van der Waals surface area contributed by atoms with Gasteiger partial charge in [-0.2, -0.15) is 0 Å². The van der Waals surface area contributed by atoms with Crippen molar-refractivity contribution in [2.45, 2.75) is 39.0 Å². The third-order valence-electron chi connectivity index (χ3n) is 2.97. The molecule has 0 saturated carbocycles. The van der Waals surface area contributed by atoms with Crippen molar-refractivity contribution in [2.24, 2.45) is 0 Å². The lowest BCUT2D eigenvalue weighted by Crippen LogP contribution is -2.15. The van der Waals surface area contributed by atoms with Crippen LogP contribution in [0.25, 0.3) is 0 Å². The third-order valence-corrected chi connectivity index (χ3v) is 2.97. The zero-order chi connectivity index (χ0) is 14.6. The van der Waals surface area contributed by atoms with Gasteiger partial charge in [-0.25, -0.2) is 8.78 Å². The summed E-state index contributed by atoms with van der Waals surface area (Å²) in [7, 11) is 1.50. The van der Waals surface area contributed by atoms with E-state index < -0.39 is 18.3 Å². The summed E-state index contributed by atoms with van der Waals surface area (Å²) < 4.78 is 33.1. The van der Waals surface area contributed by atoms with Crippen LogP contribution in [0.1, 0.15) is 36.0 Å². The second-order valence-corrected chi connectivity index (χ2v) is 4.60. The van der Waals surface area contributed by atoms with Crippen LogP contribution in [0.4, 0.5) is 8.78 Å². The van der Waals surface area contributed by atoms with Crippen LogP contribution >= 0.6 is 0 Å². The number of carbonyl (C=O) groups is 1. The van der Waals surface area contributed by atoms with Gasteiger partial charge in [0.25, 0.3) is 5.92 Å². The van der Waals surface area contributed by atoms with Gasteiger partial charge in [-0.1, -0.05) is 0 Å². The minimum absolute atomic E-state index is 0.0491. The van der Waals surface area contributed by atoms with Crippen molar-refractivity contribution in [1.82, 2.24) is 0 Å². The number of rotatable bonds is 6.